The van der Waals surface area contributed by atoms with Crippen LogP contribution in [-0.2, 0) is 6.42 Å². The number of ether oxygens (including phenoxy) is 1. The van der Waals surface area contributed by atoms with E-state index in [9.17, 15) is 0 Å². The Labute approximate surface area is 99.1 Å². The Bertz CT molecular complexity index is 341. The highest BCUT2D eigenvalue weighted by molar-refractivity contribution is 5.39. The summed E-state index contributed by atoms with van der Waals surface area (Å²) in [5.41, 5.74) is 2.68. The standard InChI is InChI=1S/C15H22O/c1-5-8-12(4)14-11-13(6-2)9-10-15(14)16-7-3/h5,9-12H,1,6-8H2,2-4H3. The summed E-state index contributed by atoms with van der Waals surface area (Å²) in [6, 6.07) is 6.51. The number of aryl methyl sites for hydroxylation is 1. The fourth-order valence-electron chi connectivity index (χ4n) is 1.87. The topological polar surface area (TPSA) is 9.23 Å². The SMILES string of the molecule is C=CCC(C)c1cc(CC)ccc1OCC. The van der Waals surface area contributed by atoms with Gasteiger partial charge in [0.15, 0.2) is 0 Å². The van der Waals surface area contributed by atoms with E-state index in [0.717, 1.165) is 25.2 Å². The van der Waals surface area contributed by atoms with Gasteiger partial charge in [0.2, 0.25) is 0 Å². The van der Waals surface area contributed by atoms with E-state index in [0.29, 0.717) is 5.92 Å². The maximum absolute atomic E-state index is 5.67. The third-order valence-corrected chi connectivity index (χ3v) is 2.83. The highest BCUT2D eigenvalue weighted by Crippen LogP contribution is 2.30. The van der Waals surface area contributed by atoms with Crippen molar-refractivity contribution in [3.8, 4) is 5.75 Å². The van der Waals surface area contributed by atoms with Gasteiger partial charge in [-0.2, -0.15) is 0 Å². The molecule has 0 saturated heterocycles. The molecule has 1 rings (SSSR count). The molecule has 0 fully saturated rings. The summed E-state index contributed by atoms with van der Waals surface area (Å²) in [6.07, 6.45) is 4.03. The van der Waals surface area contributed by atoms with Crippen LogP contribution in [0.15, 0.2) is 30.9 Å². The number of benzene rings is 1. The number of allylic oxidation sites excluding steroid dienone is 1. The molecule has 1 unspecified atom stereocenters. The summed E-state index contributed by atoms with van der Waals surface area (Å²) in [4.78, 5) is 0. The van der Waals surface area contributed by atoms with Crippen molar-refractivity contribution in [3.63, 3.8) is 0 Å². The minimum atomic E-state index is 0.477. The van der Waals surface area contributed by atoms with Gasteiger partial charge < -0.3 is 4.74 Å². The third-order valence-electron chi connectivity index (χ3n) is 2.83. The molecule has 0 heterocycles. The molecule has 1 heteroatoms. The van der Waals surface area contributed by atoms with Crippen molar-refractivity contribution < 1.29 is 4.74 Å². The average molecular weight is 218 g/mol. The van der Waals surface area contributed by atoms with Gasteiger partial charge in [-0.25, -0.2) is 0 Å². The normalized spacial score (nSPS) is 12.2. The van der Waals surface area contributed by atoms with Crippen LogP contribution in [0.5, 0.6) is 5.75 Å². The van der Waals surface area contributed by atoms with Gasteiger partial charge in [-0.15, -0.1) is 6.58 Å². The summed E-state index contributed by atoms with van der Waals surface area (Å²) in [7, 11) is 0. The first-order chi connectivity index (χ1) is 7.72. The zero-order valence-corrected chi connectivity index (χ0v) is 10.6. The van der Waals surface area contributed by atoms with Crippen LogP contribution < -0.4 is 4.74 Å². The fraction of sp³-hybridized carbons (Fsp3) is 0.467. The molecule has 16 heavy (non-hydrogen) atoms. The van der Waals surface area contributed by atoms with Crippen molar-refractivity contribution in [2.45, 2.75) is 39.5 Å². The molecule has 0 spiro atoms. The van der Waals surface area contributed by atoms with Crippen LogP contribution in [0.4, 0.5) is 0 Å². The minimum absolute atomic E-state index is 0.477. The lowest BCUT2D eigenvalue weighted by molar-refractivity contribution is 0.334. The number of hydrogen-bond donors (Lipinski definition) is 0. The van der Waals surface area contributed by atoms with E-state index in [2.05, 4.69) is 38.6 Å². The van der Waals surface area contributed by atoms with Crippen LogP contribution in [0.3, 0.4) is 0 Å². The monoisotopic (exact) mass is 218 g/mol. The first kappa shape index (κ1) is 12.8. The van der Waals surface area contributed by atoms with E-state index in [1.807, 2.05) is 13.0 Å². The summed E-state index contributed by atoms with van der Waals surface area (Å²) < 4.78 is 5.67. The van der Waals surface area contributed by atoms with Gasteiger partial charge in [-0.3, -0.25) is 0 Å². The van der Waals surface area contributed by atoms with Gasteiger partial charge >= 0.3 is 0 Å². The molecule has 1 nitrogen and oxygen atoms in total. The second-order valence-corrected chi connectivity index (χ2v) is 4.08. The highest BCUT2D eigenvalue weighted by atomic mass is 16.5. The summed E-state index contributed by atoms with van der Waals surface area (Å²) >= 11 is 0. The molecule has 0 N–H and O–H groups in total. The van der Waals surface area contributed by atoms with Crippen molar-refractivity contribution in [1.29, 1.82) is 0 Å². The fourth-order valence-corrected chi connectivity index (χ4v) is 1.87. The van der Waals surface area contributed by atoms with E-state index in [4.69, 9.17) is 4.74 Å². The van der Waals surface area contributed by atoms with E-state index in [-0.39, 0.29) is 0 Å². The Morgan fingerprint density at radius 1 is 1.38 bits per heavy atom. The molecule has 0 aliphatic heterocycles. The zero-order chi connectivity index (χ0) is 12.0. The molecule has 0 aliphatic rings. The van der Waals surface area contributed by atoms with Gasteiger partial charge in [-0.1, -0.05) is 32.1 Å². The van der Waals surface area contributed by atoms with Crippen molar-refractivity contribution in [1.82, 2.24) is 0 Å². The largest absolute Gasteiger partial charge is 0.494 e. The average Bonchev–Trinajstić information content (AvgIpc) is 2.30. The van der Waals surface area contributed by atoms with Crippen molar-refractivity contribution in [2.24, 2.45) is 0 Å². The molecular weight excluding hydrogens is 196 g/mol. The minimum Gasteiger partial charge on any atom is -0.494 e. The van der Waals surface area contributed by atoms with Crippen LogP contribution in [-0.4, -0.2) is 6.61 Å². The van der Waals surface area contributed by atoms with Crippen LogP contribution in [0.25, 0.3) is 0 Å². The molecule has 1 aromatic carbocycles. The van der Waals surface area contributed by atoms with E-state index < -0.39 is 0 Å². The van der Waals surface area contributed by atoms with Crippen molar-refractivity contribution in [2.75, 3.05) is 6.61 Å². The predicted molar refractivity (Wildman–Crippen MR) is 70.2 cm³/mol. The molecule has 0 saturated carbocycles. The van der Waals surface area contributed by atoms with Crippen LogP contribution in [0, 0.1) is 0 Å². The van der Waals surface area contributed by atoms with E-state index in [1.165, 1.54) is 11.1 Å². The second kappa shape index (κ2) is 6.37. The van der Waals surface area contributed by atoms with E-state index in [1.54, 1.807) is 0 Å². The lowest BCUT2D eigenvalue weighted by Gasteiger charge is -2.16. The van der Waals surface area contributed by atoms with E-state index >= 15 is 0 Å². The van der Waals surface area contributed by atoms with Gasteiger partial charge in [-0.05, 0) is 42.9 Å². The molecule has 1 aromatic rings. The second-order valence-electron chi connectivity index (χ2n) is 4.08. The summed E-state index contributed by atoms with van der Waals surface area (Å²) in [6.45, 7) is 10.9. The predicted octanol–water partition coefficient (Wildman–Crippen LogP) is 4.33. The maximum atomic E-state index is 5.67. The molecule has 1 atom stereocenters. The number of hydrogen-bond acceptors (Lipinski definition) is 1. The summed E-state index contributed by atoms with van der Waals surface area (Å²) in [5.74, 6) is 1.50. The van der Waals surface area contributed by atoms with Crippen molar-refractivity contribution in [3.05, 3.63) is 42.0 Å². The Morgan fingerprint density at radius 2 is 2.12 bits per heavy atom. The Kier molecular flexibility index (Phi) is 5.10. The highest BCUT2D eigenvalue weighted by Gasteiger charge is 2.11. The number of rotatable bonds is 6. The molecule has 0 aromatic heterocycles. The third kappa shape index (κ3) is 3.13. The quantitative estimate of drug-likeness (QED) is 0.646. The molecule has 0 radical (unpaired) electrons. The van der Waals surface area contributed by atoms with Crippen LogP contribution >= 0.6 is 0 Å². The van der Waals surface area contributed by atoms with Crippen LogP contribution in [0.2, 0.25) is 0 Å². The molecular formula is C15H22O. The Morgan fingerprint density at radius 3 is 2.69 bits per heavy atom. The molecule has 0 bridgehead atoms. The smallest absolute Gasteiger partial charge is 0.122 e. The van der Waals surface area contributed by atoms with Crippen LogP contribution in [0.1, 0.15) is 44.2 Å². The zero-order valence-electron chi connectivity index (χ0n) is 10.6. The Balaban J connectivity index is 3.03. The van der Waals surface area contributed by atoms with Gasteiger partial charge in [0.1, 0.15) is 5.75 Å². The molecule has 0 amide bonds. The van der Waals surface area contributed by atoms with Crippen molar-refractivity contribution >= 4 is 0 Å². The summed E-state index contributed by atoms with van der Waals surface area (Å²) in [5, 5.41) is 0. The first-order valence-corrected chi connectivity index (χ1v) is 6.09. The van der Waals surface area contributed by atoms with Gasteiger partial charge in [0.05, 0.1) is 6.61 Å². The van der Waals surface area contributed by atoms with Gasteiger partial charge in [0, 0.05) is 0 Å². The molecule has 88 valence electrons. The lowest BCUT2D eigenvalue weighted by atomic mass is 9.94. The Hall–Kier alpha value is -1.24. The lowest BCUT2D eigenvalue weighted by Crippen LogP contribution is -2.01. The molecule has 0 aliphatic carbocycles. The first-order valence-electron chi connectivity index (χ1n) is 6.09. The maximum Gasteiger partial charge on any atom is 0.122 e. The van der Waals surface area contributed by atoms with Gasteiger partial charge in [0.25, 0.3) is 0 Å².